The Kier molecular flexibility index (Phi) is 8.27. The van der Waals surface area contributed by atoms with Gasteiger partial charge in [0, 0.05) is 12.1 Å². The molecule has 37 heavy (non-hydrogen) atoms. The first-order chi connectivity index (χ1) is 17.9. The molecular weight excluding hydrogens is 486 g/mol. The number of amides is 2. The van der Waals surface area contributed by atoms with Crippen LogP contribution in [-0.2, 0) is 14.3 Å². The topological polar surface area (TPSA) is 92.9 Å². The van der Waals surface area contributed by atoms with Crippen molar-refractivity contribution in [1.82, 2.24) is 9.80 Å². The number of benzene rings is 1. The summed E-state index contributed by atoms with van der Waals surface area (Å²) in [5, 5.41) is 0.0832. The molecule has 5 rings (SSSR count). The van der Waals surface area contributed by atoms with E-state index in [1.54, 1.807) is 16.7 Å². The lowest BCUT2D eigenvalue weighted by molar-refractivity contribution is -0.138. The number of rotatable bonds is 8. The molecule has 0 radical (unpaired) electrons. The molecule has 1 aliphatic carbocycles. The number of thioether (sulfide) groups is 1. The van der Waals surface area contributed by atoms with Crippen LogP contribution in [0, 0.1) is 5.92 Å². The summed E-state index contributed by atoms with van der Waals surface area (Å²) in [7, 11) is 0. The minimum atomic E-state index is -0.517. The molecule has 0 aromatic heterocycles. The van der Waals surface area contributed by atoms with Crippen molar-refractivity contribution in [2.24, 2.45) is 11.7 Å². The van der Waals surface area contributed by atoms with Gasteiger partial charge in [-0.3, -0.25) is 14.4 Å². The highest BCUT2D eigenvalue weighted by Gasteiger charge is 2.53. The van der Waals surface area contributed by atoms with E-state index in [1.807, 2.05) is 18.4 Å². The van der Waals surface area contributed by atoms with Crippen LogP contribution in [0.1, 0.15) is 85.2 Å². The molecule has 3 saturated heterocycles. The number of ether oxygens (including phenoxy) is 1. The second-order valence-electron chi connectivity index (χ2n) is 11.3. The summed E-state index contributed by atoms with van der Waals surface area (Å²) >= 11 is 1.66. The molecular formula is C29H41N3O4S. The lowest BCUT2D eigenvalue weighted by Gasteiger charge is -2.34. The van der Waals surface area contributed by atoms with Crippen LogP contribution >= 0.6 is 11.8 Å². The van der Waals surface area contributed by atoms with Crippen LogP contribution in [0.4, 0.5) is 0 Å². The average Bonchev–Trinajstić information content (AvgIpc) is 3.64. The van der Waals surface area contributed by atoms with Crippen molar-refractivity contribution in [2.75, 3.05) is 39.0 Å². The third-order valence-electron chi connectivity index (χ3n) is 9.14. The molecule has 1 saturated carbocycles. The summed E-state index contributed by atoms with van der Waals surface area (Å²) in [6.45, 7) is 6.08. The maximum atomic E-state index is 14.4. The largest absolute Gasteiger partial charge is 0.367 e. The average molecular weight is 528 g/mol. The fourth-order valence-corrected chi connectivity index (χ4v) is 8.03. The van der Waals surface area contributed by atoms with Crippen LogP contribution in [-0.4, -0.2) is 83.8 Å². The zero-order chi connectivity index (χ0) is 26.1. The number of carbonyl (C=O) groups excluding carboxylic acids is 3. The maximum absolute atomic E-state index is 14.4. The molecule has 1 aromatic rings. The number of likely N-dealkylation sites (tertiary alicyclic amines) is 2. The van der Waals surface area contributed by atoms with Crippen molar-refractivity contribution in [1.29, 1.82) is 0 Å². The third-order valence-corrected chi connectivity index (χ3v) is 10.2. The Hall–Kier alpha value is -1.90. The van der Waals surface area contributed by atoms with Gasteiger partial charge in [0.05, 0.1) is 17.3 Å². The normalized spacial score (nSPS) is 28.1. The number of fused-ring (bicyclic) bond motifs is 1. The van der Waals surface area contributed by atoms with E-state index >= 15 is 0 Å². The Balaban J connectivity index is 1.49. The first-order valence-electron chi connectivity index (χ1n) is 14.1. The van der Waals surface area contributed by atoms with Gasteiger partial charge in [0.15, 0.2) is 5.78 Å². The zero-order valence-corrected chi connectivity index (χ0v) is 23.0. The SMILES string of the molecule is CCCN1CCC(c2ccc(C(N)=O)c([C@@H](C(=O)N3C[C@H](SC)[C@H]4OCC(=O)[C@H]43)C3CCCC3)c2)CC1. The number of carbonyl (C=O) groups is 3. The Morgan fingerprint density at radius 3 is 2.54 bits per heavy atom. The van der Waals surface area contributed by atoms with E-state index in [0.717, 1.165) is 70.1 Å². The number of nitrogens with two attached hydrogens (primary N) is 1. The highest BCUT2D eigenvalue weighted by Crippen LogP contribution is 2.44. The van der Waals surface area contributed by atoms with E-state index in [9.17, 15) is 14.4 Å². The van der Waals surface area contributed by atoms with Crippen molar-refractivity contribution < 1.29 is 19.1 Å². The number of hydrogen-bond acceptors (Lipinski definition) is 6. The molecule has 4 aliphatic rings. The smallest absolute Gasteiger partial charge is 0.249 e. The van der Waals surface area contributed by atoms with Gasteiger partial charge in [-0.15, -0.1) is 0 Å². The summed E-state index contributed by atoms with van der Waals surface area (Å²) in [6, 6.07) is 5.50. The predicted molar refractivity (Wildman–Crippen MR) is 146 cm³/mol. The summed E-state index contributed by atoms with van der Waals surface area (Å²) in [5.74, 6) is -0.430. The molecule has 3 heterocycles. The van der Waals surface area contributed by atoms with Gasteiger partial charge in [-0.1, -0.05) is 31.9 Å². The molecule has 2 N–H and O–H groups in total. The van der Waals surface area contributed by atoms with Crippen LogP contribution in [0.2, 0.25) is 0 Å². The van der Waals surface area contributed by atoms with Crippen LogP contribution < -0.4 is 5.73 Å². The molecule has 0 bridgehead atoms. The van der Waals surface area contributed by atoms with Gasteiger partial charge in [0.1, 0.15) is 12.6 Å². The monoisotopic (exact) mass is 527 g/mol. The second-order valence-corrected chi connectivity index (χ2v) is 12.4. The molecule has 202 valence electrons. The maximum Gasteiger partial charge on any atom is 0.249 e. The molecule has 4 atom stereocenters. The molecule has 0 spiro atoms. The molecule has 1 aromatic carbocycles. The number of Topliss-reactive ketones (excluding diaryl/α,β-unsaturated/α-hetero) is 1. The second kappa shape index (κ2) is 11.5. The number of ketones is 1. The van der Waals surface area contributed by atoms with E-state index in [2.05, 4.69) is 17.9 Å². The highest BCUT2D eigenvalue weighted by molar-refractivity contribution is 7.99. The number of hydrogen-bond donors (Lipinski definition) is 1. The Morgan fingerprint density at radius 1 is 1.16 bits per heavy atom. The molecule has 8 heteroatoms. The van der Waals surface area contributed by atoms with E-state index < -0.39 is 17.9 Å². The number of primary amides is 1. The summed E-state index contributed by atoms with van der Waals surface area (Å²) in [4.78, 5) is 44.2. The fraction of sp³-hybridized carbons (Fsp3) is 0.690. The standard InChI is InChI=1S/C29H41N3O4S/c1-3-12-31-13-10-18(11-14-31)20-8-9-21(28(30)34)22(15-20)25(19-6-4-5-7-19)29(35)32-16-24(37-2)27-26(32)23(33)17-36-27/h8-9,15,18-19,24-27H,3-7,10-14,16-17H2,1-2H3,(H2,30,34)/t24-,25-,26+,27+/m0/s1. The minimum absolute atomic E-state index is 0.0113. The summed E-state index contributed by atoms with van der Waals surface area (Å²) in [6.07, 6.45) is 9.15. The number of piperidine rings is 1. The molecule has 2 amide bonds. The number of nitrogens with zero attached hydrogens (tertiary/aromatic N) is 2. The molecule has 0 unspecified atom stereocenters. The first-order valence-corrected chi connectivity index (χ1v) is 15.3. The Labute approximate surface area is 224 Å². The van der Waals surface area contributed by atoms with E-state index in [-0.39, 0.29) is 35.6 Å². The van der Waals surface area contributed by atoms with Crippen molar-refractivity contribution >= 4 is 29.4 Å². The lowest BCUT2D eigenvalue weighted by Crippen LogP contribution is -2.45. The van der Waals surface area contributed by atoms with Gasteiger partial charge < -0.3 is 20.3 Å². The van der Waals surface area contributed by atoms with Gasteiger partial charge in [0.2, 0.25) is 11.8 Å². The molecule has 4 fully saturated rings. The quantitative estimate of drug-likeness (QED) is 0.556. The summed E-state index contributed by atoms with van der Waals surface area (Å²) in [5.41, 5.74) is 8.31. The van der Waals surface area contributed by atoms with Gasteiger partial charge in [0.25, 0.3) is 0 Å². The van der Waals surface area contributed by atoms with Crippen LogP contribution in [0.5, 0.6) is 0 Å². The van der Waals surface area contributed by atoms with Crippen LogP contribution in [0.25, 0.3) is 0 Å². The van der Waals surface area contributed by atoms with Crippen LogP contribution in [0.3, 0.4) is 0 Å². The van der Waals surface area contributed by atoms with Crippen LogP contribution in [0.15, 0.2) is 18.2 Å². The van der Waals surface area contributed by atoms with Crippen molar-refractivity contribution in [2.45, 2.75) is 81.1 Å². The predicted octanol–water partition coefficient (Wildman–Crippen LogP) is 3.56. The fourth-order valence-electron chi connectivity index (χ4n) is 7.23. The van der Waals surface area contributed by atoms with Gasteiger partial charge in [-0.25, -0.2) is 0 Å². The van der Waals surface area contributed by atoms with E-state index in [0.29, 0.717) is 18.0 Å². The molecule has 3 aliphatic heterocycles. The summed E-state index contributed by atoms with van der Waals surface area (Å²) < 4.78 is 5.83. The molecule has 7 nitrogen and oxygen atoms in total. The zero-order valence-electron chi connectivity index (χ0n) is 22.2. The van der Waals surface area contributed by atoms with Crippen molar-refractivity contribution in [3.63, 3.8) is 0 Å². The van der Waals surface area contributed by atoms with Gasteiger partial charge in [-0.05, 0) is 87.0 Å². The van der Waals surface area contributed by atoms with Crippen molar-refractivity contribution in [3.8, 4) is 0 Å². The minimum Gasteiger partial charge on any atom is -0.367 e. The van der Waals surface area contributed by atoms with Gasteiger partial charge in [-0.2, -0.15) is 11.8 Å². The Bertz CT molecular complexity index is 1020. The third kappa shape index (κ3) is 5.21. The van der Waals surface area contributed by atoms with E-state index in [1.165, 1.54) is 5.56 Å². The van der Waals surface area contributed by atoms with Gasteiger partial charge >= 0.3 is 0 Å². The highest BCUT2D eigenvalue weighted by atomic mass is 32.2. The first kappa shape index (κ1) is 26.7. The lowest BCUT2D eigenvalue weighted by atomic mass is 9.78. The Morgan fingerprint density at radius 2 is 1.89 bits per heavy atom. The van der Waals surface area contributed by atoms with Crippen molar-refractivity contribution in [3.05, 3.63) is 34.9 Å². The van der Waals surface area contributed by atoms with E-state index in [4.69, 9.17) is 10.5 Å².